The first-order valence-electron chi connectivity index (χ1n) is 3.52. The zero-order valence-electron chi connectivity index (χ0n) is 6.40. The van der Waals surface area contributed by atoms with E-state index in [-0.39, 0.29) is 5.02 Å². The summed E-state index contributed by atoms with van der Waals surface area (Å²) in [6, 6.07) is 4.67. The number of halogens is 2. The fourth-order valence-corrected chi connectivity index (χ4v) is 1.34. The van der Waals surface area contributed by atoms with Crippen molar-refractivity contribution < 1.29 is 8.81 Å². The van der Waals surface area contributed by atoms with E-state index in [1.165, 1.54) is 6.07 Å². The molecule has 0 bridgehead atoms. The van der Waals surface area contributed by atoms with Gasteiger partial charge in [0, 0.05) is 11.5 Å². The fraction of sp³-hybridized carbons (Fsp3) is 0.111. The lowest BCUT2D eigenvalue weighted by atomic mass is 10.2. The van der Waals surface area contributed by atoms with Crippen LogP contribution in [-0.4, -0.2) is 0 Å². The first-order chi connectivity index (χ1) is 5.66. The molecule has 1 aromatic heterocycles. The van der Waals surface area contributed by atoms with Crippen LogP contribution >= 0.6 is 11.6 Å². The van der Waals surface area contributed by atoms with Gasteiger partial charge in [0.1, 0.15) is 17.2 Å². The Labute approximate surface area is 73.7 Å². The molecule has 2 aromatic rings. The lowest BCUT2D eigenvalue weighted by Gasteiger charge is -1.91. The van der Waals surface area contributed by atoms with Gasteiger partial charge in [0.15, 0.2) is 0 Å². The summed E-state index contributed by atoms with van der Waals surface area (Å²) in [5.74, 6) is 0.310. The van der Waals surface area contributed by atoms with E-state index >= 15 is 0 Å². The summed E-state index contributed by atoms with van der Waals surface area (Å²) in [7, 11) is 0. The minimum absolute atomic E-state index is 0.128. The summed E-state index contributed by atoms with van der Waals surface area (Å²) in [5.41, 5.74) is 0.536. The molecule has 0 saturated carbocycles. The molecule has 62 valence electrons. The summed E-state index contributed by atoms with van der Waals surface area (Å²) in [5, 5.41) is 0.960. The maximum Gasteiger partial charge on any atom is 0.145 e. The Morgan fingerprint density at radius 2 is 2.08 bits per heavy atom. The average Bonchev–Trinajstić information content (AvgIpc) is 2.30. The van der Waals surface area contributed by atoms with Crippen molar-refractivity contribution in [1.82, 2.24) is 0 Å². The molecule has 12 heavy (non-hydrogen) atoms. The molecule has 0 aliphatic rings. The molecule has 0 aliphatic heterocycles. The number of hydrogen-bond acceptors (Lipinski definition) is 1. The Morgan fingerprint density at radius 1 is 1.33 bits per heavy atom. The molecule has 0 N–H and O–H groups in total. The molecule has 0 amide bonds. The van der Waals surface area contributed by atoms with E-state index in [0.717, 1.165) is 11.1 Å². The van der Waals surface area contributed by atoms with E-state index in [4.69, 9.17) is 16.0 Å². The van der Waals surface area contributed by atoms with Crippen LogP contribution in [0.2, 0.25) is 5.02 Å². The SMILES string of the molecule is Cc1cc2cc(Cl)c(F)cc2o1. The van der Waals surface area contributed by atoms with Gasteiger partial charge in [-0.1, -0.05) is 11.6 Å². The van der Waals surface area contributed by atoms with Crippen molar-refractivity contribution in [1.29, 1.82) is 0 Å². The minimum atomic E-state index is -0.446. The first kappa shape index (κ1) is 7.62. The maximum atomic E-state index is 12.9. The van der Waals surface area contributed by atoms with Crippen molar-refractivity contribution in [2.45, 2.75) is 6.92 Å². The van der Waals surface area contributed by atoms with E-state index in [1.54, 1.807) is 6.07 Å². The zero-order chi connectivity index (χ0) is 8.72. The van der Waals surface area contributed by atoms with Crippen molar-refractivity contribution in [3.63, 3.8) is 0 Å². The number of fused-ring (bicyclic) bond motifs is 1. The van der Waals surface area contributed by atoms with E-state index in [0.29, 0.717) is 5.58 Å². The van der Waals surface area contributed by atoms with Crippen LogP contribution in [0.3, 0.4) is 0 Å². The van der Waals surface area contributed by atoms with Gasteiger partial charge in [0.25, 0.3) is 0 Å². The van der Waals surface area contributed by atoms with Gasteiger partial charge >= 0.3 is 0 Å². The van der Waals surface area contributed by atoms with Gasteiger partial charge in [-0.25, -0.2) is 4.39 Å². The Kier molecular flexibility index (Phi) is 1.58. The molecular formula is C9H6ClFO. The smallest absolute Gasteiger partial charge is 0.145 e. The Bertz CT molecular complexity index is 394. The van der Waals surface area contributed by atoms with Gasteiger partial charge in [0.2, 0.25) is 0 Å². The van der Waals surface area contributed by atoms with Gasteiger partial charge in [0.05, 0.1) is 5.02 Å². The van der Waals surface area contributed by atoms with Crippen LogP contribution in [-0.2, 0) is 0 Å². The molecule has 0 radical (unpaired) electrons. The summed E-state index contributed by atoms with van der Waals surface area (Å²) in [4.78, 5) is 0. The molecule has 1 nitrogen and oxygen atoms in total. The Morgan fingerprint density at radius 3 is 2.83 bits per heavy atom. The number of rotatable bonds is 0. The third kappa shape index (κ3) is 1.08. The highest BCUT2D eigenvalue weighted by Gasteiger charge is 2.05. The molecule has 1 aromatic carbocycles. The van der Waals surface area contributed by atoms with E-state index in [9.17, 15) is 4.39 Å². The second-order valence-electron chi connectivity index (χ2n) is 2.66. The Hall–Kier alpha value is -1.02. The third-order valence-electron chi connectivity index (χ3n) is 1.68. The highest BCUT2D eigenvalue weighted by Crippen LogP contribution is 2.25. The summed E-state index contributed by atoms with van der Waals surface area (Å²) < 4.78 is 18.1. The molecule has 0 atom stereocenters. The normalized spacial score (nSPS) is 10.9. The van der Waals surface area contributed by atoms with Crippen molar-refractivity contribution in [2.24, 2.45) is 0 Å². The lowest BCUT2D eigenvalue weighted by molar-refractivity contribution is 0.571. The summed E-state index contributed by atoms with van der Waals surface area (Å²) >= 11 is 5.58. The van der Waals surface area contributed by atoms with Gasteiger partial charge in [-0.2, -0.15) is 0 Å². The molecule has 3 heteroatoms. The monoisotopic (exact) mass is 184 g/mol. The van der Waals surface area contributed by atoms with Crippen LogP contribution < -0.4 is 0 Å². The number of benzene rings is 1. The van der Waals surface area contributed by atoms with Gasteiger partial charge in [-0.05, 0) is 19.1 Å². The van der Waals surface area contributed by atoms with Crippen molar-refractivity contribution in [3.05, 3.63) is 34.8 Å². The first-order valence-corrected chi connectivity index (χ1v) is 3.90. The third-order valence-corrected chi connectivity index (χ3v) is 1.97. The largest absolute Gasteiger partial charge is 0.461 e. The molecule has 0 fully saturated rings. The van der Waals surface area contributed by atoms with E-state index in [1.807, 2.05) is 13.0 Å². The fourth-order valence-electron chi connectivity index (χ4n) is 1.17. The molecule has 0 spiro atoms. The van der Waals surface area contributed by atoms with Crippen LogP contribution in [0, 0.1) is 12.7 Å². The quantitative estimate of drug-likeness (QED) is 0.611. The number of furan rings is 1. The van der Waals surface area contributed by atoms with Crippen LogP contribution in [0.5, 0.6) is 0 Å². The summed E-state index contributed by atoms with van der Waals surface area (Å²) in [6.07, 6.45) is 0. The van der Waals surface area contributed by atoms with Gasteiger partial charge in [-0.15, -0.1) is 0 Å². The van der Waals surface area contributed by atoms with Gasteiger partial charge < -0.3 is 4.42 Å². The van der Waals surface area contributed by atoms with Crippen molar-refractivity contribution in [3.8, 4) is 0 Å². The molecule has 0 aliphatic carbocycles. The van der Waals surface area contributed by atoms with E-state index in [2.05, 4.69) is 0 Å². The highest BCUT2D eigenvalue weighted by atomic mass is 35.5. The number of aryl methyl sites for hydroxylation is 1. The van der Waals surface area contributed by atoms with Gasteiger partial charge in [-0.3, -0.25) is 0 Å². The predicted molar refractivity (Wildman–Crippen MR) is 45.9 cm³/mol. The second kappa shape index (κ2) is 2.49. The zero-order valence-corrected chi connectivity index (χ0v) is 7.15. The maximum absolute atomic E-state index is 12.9. The molecular weight excluding hydrogens is 179 g/mol. The van der Waals surface area contributed by atoms with Crippen LogP contribution in [0.4, 0.5) is 4.39 Å². The van der Waals surface area contributed by atoms with Crippen LogP contribution in [0.1, 0.15) is 5.76 Å². The highest BCUT2D eigenvalue weighted by molar-refractivity contribution is 6.31. The molecule has 0 unspecified atom stereocenters. The second-order valence-corrected chi connectivity index (χ2v) is 3.07. The topological polar surface area (TPSA) is 13.1 Å². The Balaban J connectivity index is 2.83. The molecule has 1 heterocycles. The molecule has 2 rings (SSSR count). The standard InChI is InChI=1S/C9H6ClFO/c1-5-2-6-3-7(10)8(11)4-9(6)12-5/h2-4H,1H3. The van der Waals surface area contributed by atoms with Crippen LogP contribution in [0.15, 0.2) is 22.6 Å². The van der Waals surface area contributed by atoms with Crippen LogP contribution in [0.25, 0.3) is 11.0 Å². The molecule has 0 saturated heterocycles. The van der Waals surface area contributed by atoms with Crippen molar-refractivity contribution in [2.75, 3.05) is 0 Å². The lowest BCUT2D eigenvalue weighted by Crippen LogP contribution is -1.74. The van der Waals surface area contributed by atoms with Crippen molar-refractivity contribution >= 4 is 22.6 Å². The summed E-state index contributed by atoms with van der Waals surface area (Å²) in [6.45, 7) is 1.81. The van der Waals surface area contributed by atoms with E-state index < -0.39 is 5.82 Å². The number of hydrogen-bond donors (Lipinski definition) is 0. The minimum Gasteiger partial charge on any atom is -0.461 e. The average molecular weight is 185 g/mol. The predicted octanol–water partition coefficient (Wildman–Crippen LogP) is 3.53.